The van der Waals surface area contributed by atoms with Crippen molar-refractivity contribution in [2.75, 3.05) is 0 Å². The highest BCUT2D eigenvalue weighted by Gasteiger charge is 2.16. The van der Waals surface area contributed by atoms with Crippen LogP contribution in [0, 0.1) is 20.8 Å². The summed E-state index contributed by atoms with van der Waals surface area (Å²) < 4.78 is 0. The lowest BCUT2D eigenvalue weighted by atomic mass is 9.96. The molecule has 3 heteroatoms. The number of aromatic carboxylic acids is 1. The Kier molecular flexibility index (Phi) is 3.79. The normalized spacial score (nSPS) is 10.6. The molecule has 2 N–H and O–H groups in total. The average Bonchev–Trinajstić information content (AvgIpc) is 2.37. The zero-order chi connectivity index (χ0) is 14.9. The van der Waals surface area contributed by atoms with Crippen LogP contribution in [-0.2, 0) is 6.42 Å². The molecule has 0 heterocycles. The number of carbonyl (C=O) groups is 1. The smallest absolute Gasteiger partial charge is 0.339 e. The van der Waals surface area contributed by atoms with E-state index in [-0.39, 0.29) is 11.3 Å². The SMILES string of the molecule is Cc1ccc(Cc2ccc(C)c(C(=O)O)c2O)cc1C. The van der Waals surface area contributed by atoms with Gasteiger partial charge in [0.05, 0.1) is 0 Å². The van der Waals surface area contributed by atoms with Crippen molar-refractivity contribution in [1.29, 1.82) is 0 Å². The van der Waals surface area contributed by atoms with E-state index in [2.05, 4.69) is 6.07 Å². The number of rotatable bonds is 3. The molecule has 0 aromatic heterocycles. The van der Waals surface area contributed by atoms with Crippen LogP contribution >= 0.6 is 0 Å². The molecule has 0 spiro atoms. The van der Waals surface area contributed by atoms with Gasteiger partial charge < -0.3 is 10.2 Å². The van der Waals surface area contributed by atoms with Gasteiger partial charge in [0.2, 0.25) is 0 Å². The fourth-order valence-corrected chi connectivity index (χ4v) is 2.28. The van der Waals surface area contributed by atoms with Crippen molar-refractivity contribution in [2.45, 2.75) is 27.2 Å². The van der Waals surface area contributed by atoms with Crippen molar-refractivity contribution in [3.8, 4) is 5.75 Å². The lowest BCUT2D eigenvalue weighted by Gasteiger charge is -2.11. The van der Waals surface area contributed by atoms with Crippen molar-refractivity contribution in [3.63, 3.8) is 0 Å². The molecular weight excluding hydrogens is 252 g/mol. The van der Waals surface area contributed by atoms with Crippen LogP contribution in [-0.4, -0.2) is 16.2 Å². The van der Waals surface area contributed by atoms with E-state index >= 15 is 0 Å². The molecule has 0 unspecified atom stereocenters. The van der Waals surface area contributed by atoms with Gasteiger partial charge in [0.1, 0.15) is 11.3 Å². The molecule has 0 amide bonds. The summed E-state index contributed by atoms with van der Waals surface area (Å²) in [6, 6.07) is 9.62. The number of phenols is 1. The van der Waals surface area contributed by atoms with E-state index in [0.29, 0.717) is 17.5 Å². The van der Waals surface area contributed by atoms with Crippen LogP contribution in [0.15, 0.2) is 30.3 Å². The van der Waals surface area contributed by atoms with Crippen LogP contribution < -0.4 is 0 Å². The van der Waals surface area contributed by atoms with Crippen LogP contribution in [0.3, 0.4) is 0 Å². The number of aryl methyl sites for hydroxylation is 3. The van der Waals surface area contributed by atoms with Crippen molar-refractivity contribution in [2.24, 2.45) is 0 Å². The van der Waals surface area contributed by atoms with Crippen molar-refractivity contribution >= 4 is 5.97 Å². The molecule has 0 fully saturated rings. The van der Waals surface area contributed by atoms with Crippen LogP contribution in [0.1, 0.15) is 38.2 Å². The van der Waals surface area contributed by atoms with Gasteiger partial charge in [-0.05, 0) is 48.6 Å². The summed E-state index contributed by atoms with van der Waals surface area (Å²) in [6.07, 6.45) is 0.521. The quantitative estimate of drug-likeness (QED) is 0.895. The maximum absolute atomic E-state index is 11.2. The van der Waals surface area contributed by atoms with Crippen molar-refractivity contribution in [1.82, 2.24) is 0 Å². The van der Waals surface area contributed by atoms with Crippen LogP contribution in [0.25, 0.3) is 0 Å². The molecule has 2 aromatic rings. The Morgan fingerprint density at radius 1 is 1.00 bits per heavy atom. The van der Waals surface area contributed by atoms with E-state index in [9.17, 15) is 9.90 Å². The third kappa shape index (κ3) is 2.67. The van der Waals surface area contributed by atoms with E-state index in [1.54, 1.807) is 19.1 Å². The zero-order valence-electron chi connectivity index (χ0n) is 11.9. The summed E-state index contributed by atoms with van der Waals surface area (Å²) in [5.74, 6) is -1.22. The highest BCUT2D eigenvalue weighted by molar-refractivity contribution is 5.93. The Hall–Kier alpha value is -2.29. The summed E-state index contributed by atoms with van der Waals surface area (Å²) in [7, 11) is 0. The van der Waals surface area contributed by atoms with Gasteiger partial charge >= 0.3 is 5.97 Å². The Balaban J connectivity index is 2.41. The Bertz CT molecular complexity index is 672. The van der Waals surface area contributed by atoms with Crippen molar-refractivity contribution < 1.29 is 15.0 Å². The second-order valence-corrected chi connectivity index (χ2v) is 5.17. The lowest BCUT2D eigenvalue weighted by molar-refractivity contribution is 0.0692. The lowest BCUT2D eigenvalue weighted by Crippen LogP contribution is -2.03. The second kappa shape index (κ2) is 5.37. The van der Waals surface area contributed by atoms with Crippen LogP contribution in [0.2, 0.25) is 0 Å². The maximum Gasteiger partial charge on any atom is 0.339 e. The average molecular weight is 270 g/mol. The van der Waals surface area contributed by atoms with Gasteiger partial charge in [-0.1, -0.05) is 30.3 Å². The number of carboxylic acids is 1. The zero-order valence-corrected chi connectivity index (χ0v) is 11.9. The maximum atomic E-state index is 11.2. The molecule has 0 saturated heterocycles. The summed E-state index contributed by atoms with van der Waals surface area (Å²) >= 11 is 0. The van der Waals surface area contributed by atoms with E-state index in [1.165, 1.54) is 11.1 Å². The molecule has 0 aliphatic carbocycles. The second-order valence-electron chi connectivity index (χ2n) is 5.17. The predicted molar refractivity (Wildman–Crippen MR) is 78.5 cm³/mol. The molecule has 3 nitrogen and oxygen atoms in total. The topological polar surface area (TPSA) is 57.5 Å². The van der Waals surface area contributed by atoms with Gasteiger partial charge in [-0.25, -0.2) is 4.79 Å². The highest BCUT2D eigenvalue weighted by Crippen LogP contribution is 2.28. The fraction of sp³-hybridized carbons (Fsp3) is 0.235. The predicted octanol–water partition coefficient (Wildman–Crippen LogP) is 3.61. The minimum absolute atomic E-state index is 0.00802. The fourth-order valence-electron chi connectivity index (χ4n) is 2.28. The molecule has 2 aromatic carbocycles. The summed E-state index contributed by atoms with van der Waals surface area (Å²) in [6.45, 7) is 5.77. The van der Waals surface area contributed by atoms with E-state index in [1.807, 2.05) is 26.0 Å². The number of hydrogen-bond donors (Lipinski definition) is 2. The molecular formula is C17H18O3. The van der Waals surface area contributed by atoms with Gasteiger partial charge in [-0.15, -0.1) is 0 Å². The molecule has 0 bridgehead atoms. The molecule has 2 rings (SSSR count). The minimum atomic E-state index is -1.10. The molecule has 0 aliphatic heterocycles. The Labute approximate surface area is 118 Å². The molecule has 104 valence electrons. The number of hydrogen-bond acceptors (Lipinski definition) is 2. The molecule has 0 radical (unpaired) electrons. The van der Waals surface area contributed by atoms with E-state index < -0.39 is 5.97 Å². The van der Waals surface area contributed by atoms with E-state index in [4.69, 9.17) is 5.11 Å². The third-order valence-electron chi connectivity index (χ3n) is 3.65. The standard InChI is InChI=1S/C17H18O3/c1-10-4-6-13(8-12(10)3)9-14-7-5-11(2)15(16(14)18)17(19)20/h4-8,18H,9H2,1-3H3,(H,19,20). The van der Waals surface area contributed by atoms with Gasteiger partial charge in [0, 0.05) is 6.42 Å². The Morgan fingerprint density at radius 3 is 2.25 bits per heavy atom. The molecule has 20 heavy (non-hydrogen) atoms. The minimum Gasteiger partial charge on any atom is -0.507 e. The van der Waals surface area contributed by atoms with Crippen LogP contribution in [0.4, 0.5) is 0 Å². The monoisotopic (exact) mass is 270 g/mol. The summed E-state index contributed by atoms with van der Waals surface area (Å²) in [4.78, 5) is 11.2. The number of carboxylic acid groups (broad SMARTS) is 1. The largest absolute Gasteiger partial charge is 0.507 e. The third-order valence-corrected chi connectivity index (χ3v) is 3.65. The molecule has 0 saturated carbocycles. The first-order valence-corrected chi connectivity index (χ1v) is 6.51. The van der Waals surface area contributed by atoms with Crippen molar-refractivity contribution in [3.05, 3.63) is 63.7 Å². The summed E-state index contributed by atoms with van der Waals surface area (Å²) in [5, 5.41) is 19.3. The number of aromatic hydroxyl groups is 1. The van der Waals surface area contributed by atoms with Gasteiger partial charge in [-0.2, -0.15) is 0 Å². The van der Waals surface area contributed by atoms with Crippen LogP contribution in [0.5, 0.6) is 5.75 Å². The van der Waals surface area contributed by atoms with Gasteiger partial charge in [0.15, 0.2) is 0 Å². The Morgan fingerprint density at radius 2 is 1.65 bits per heavy atom. The summed E-state index contributed by atoms with van der Waals surface area (Å²) in [5.41, 5.74) is 4.66. The van der Waals surface area contributed by atoms with Gasteiger partial charge in [0.25, 0.3) is 0 Å². The molecule has 0 aliphatic rings. The first-order valence-electron chi connectivity index (χ1n) is 6.51. The highest BCUT2D eigenvalue weighted by atomic mass is 16.4. The number of benzene rings is 2. The first-order chi connectivity index (χ1) is 9.40. The van der Waals surface area contributed by atoms with Gasteiger partial charge in [-0.3, -0.25) is 0 Å². The molecule has 0 atom stereocenters. The van der Waals surface area contributed by atoms with E-state index in [0.717, 1.165) is 5.56 Å². The first kappa shape index (κ1) is 14.1.